The van der Waals surface area contributed by atoms with E-state index in [-0.39, 0.29) is 18.4 Å². The Morgan fingerprint density at radius 1 is 1.55 bits per heavy atom. The van der Waals surface area contributed by atoms with Crippen molar-refractivity contribution in [3.63, 3.8) is 0 Å². The zero-order valence-corrected chi connectivity index (χ0v) is 7.69. The molecule has 0 radical (unpaired) electrons. The van der Waals surface area contributed by atoms with Crippen LogP contribution in [0, 0.1) is 0 Å². The van der Waals surface area contributed by atoms with Gasteiger partial charge >= 0.3 is 0 Å². The zero-order valence-electron chi connectivity index (χ0n) is 6.12. The molecule has 1 atom stereocenters. The van der Waals surface area contributed by atoms with Gasteiger partial charge in [-0.2, -0.15) is 0 Å². The molecule has 0 saturated heterocycles. The van der Waals surface area contributed by atoms with Gasteiger partial charge in [0.25, 0.3) is 0 Å². The maximum atomic E-state index is 5.62. The third-order valence-electron chi connectivity index (χ3n) is 1.20. The number of halogens is 2. The summed E-state index contributed by atoms with van der Waals surface area (Å²) in [7, 11) is 0. The number of nitrogens with zero attached hydrogens (tertiary/aromatic N) is 1. The van der Waals surface area contributed by atoms with Crippen LogP contribution in [-0.4, -0.2) is 4.98 Å². The Morgan fingerprint density at radius 2 is 2.18 bits per heavy atom. The topological polar surface area (TPSA) is 38.9 Å². The fourth-order valence-corrected chi connectivity index (χ4v) is 0.848. The molecule has 0 aromatic carbocycles. The molecule has 0 fully saturated rings. The summed E-state index contributed by atoms with van der Waals surface area (Å²) in [4.78, 5) is 4.01. The number of hydrogen-bond donors (Lipinski definition) is 1. The number of aromatic nitrogens is 1. The summed E-state index contributed by atoms with van der Waals surface area (Å²) in [5.74, 6) is 0. The molecule has 0 aliphatic heterocycles. The monoisotopic (exact) mass is 192 g/mol. The largest absolute Gasteiger partial charge is 0.323 e. The molecular weight excluding hydrogens is 183 g/mol. The van der Waals surface area contributed by atoms with E-state index in [1.54, 1.807) is 6.07 Å². The van der Waals surface area contributed by atoms with Gasteiger partial charge in [0.05, 0.1) is 5.69 Å². The summed E-state index contributed by atoms with van der Waals surface area (Å²) < 4.78 is 0. The van der Waals surface area contributed by atoms with Crippen LogP contribution in [0.3, 0.4) is 0 Å². The molecule has 1 heterocycles. The molecule has 0 spiro atoms. The molecule has 2 nitrogen and oxygen atoms in total. The molecule has 62 valence electrons. The van der Waals surface area contributed by atoms with E-state index >= 15 is 0 Å². The Morgan fingerprint density at radius 3 is 2.55 bits per heavy atom. The Balaban J connectivity index is 0.000001000. The minimum atomic E-state index is -0.0429. The van der Waals surface area contributed by atoms with Gasteiger partial charge in [-0.15, -0.1) is 12.4 Å². The second kappa shape index (κ2) is 4.54. The maximum Gasteiger partial charge on any atom is 0.129 e. The van der Waals surface area contributed by atoms with E-state index in [4.69, 9.17) is 17.3 Å². The first-order chi connectivity index (χ1) is 4.70. The van der Waals surface area contributed by atoms with Crippen LogP contribution in [0.5, 0.6) is 0 Å². The molecule has 1 aromatic heterocycles. The summed E-state index contributed by atoms with van der Waals surface area (Å²) in [6, 6.07) is 5.39. The standard InChI is InChI=1S/C7H9ClN2.ClH/c1-5(9)6-3-2-4-7(8)10-6;/h2-5H,9H2,1H3;1H. The summed E-state index contributed by atoms with van der Waals surface area (Å²) in [6.07, 6.45) is 0. The average molecular weight is 193 g/mol. The lowest BCUT2D eigenvalue weighted by Gasteiger charge is -2.02. The summed E-state index contributed by atoms with van der Waals surface area (Å²) in [6.45, 7) is 1.87. The second-order valence-corrected chi connectivity index (χ2v) is 2.56. The highest BCUT2D eigenvalue weighted by molar-refractivity contribution is 6.29. The molecule has 1 unspecified atom stereocenters. The lowest BCUT2D eigenvalue weighted by atomic mass is 10.2. The van der Waals surface area contributed by atoms with E-state index in [9.17, 15) is 0 Å². The Bertz CT molecular complexity index is 225. The predicted molar refractivity (Wildman–Crippen MR) is 49.1 cm³/mol. The van der Waals surface area contributed by atoms with Crippen LogP contribution in [0.4, 0.5) is 0 Å². The van der Waals surface area contributed by atoms with Crippen LogP contribution >= 0.6 is 24.0 Å². The zero-order chi connectivity index (χ0) is 7.56. The highest BCUT2D eigenvalue weighted by atomic mass is 35.5. The van der Waals surface area contributed by atoms with Gasteiger partial charge in [0.2, 0.25) is 0 Å². The number of pyridine rings is 1. The predicted octanol–water partition coefficient (Wildman–Crippen LogP) is 2.18. The quantitative estimate of drug-likeness (QED) is 0.694. The second-order valence-electron chi connectivity index (χ2n) is 2.17. The third-order valence-corrected chi connectivity index (χ3v) is 1.41. The molecule has 0 aliphatic carbocycles. The fourth-order valence-electron chi connectivity index (χ4n) is 0.678. The van der Waals surface area contributed by atoms with Crippen molar-refractivity contribution in [3.05, 3.63) is 29.0 Å². The lowest BCUT2D eigenvalue weighted by molar-refractivity contribution is 0.781. The minimum Gasteiger partial charge on any atom is -0.323 e. The smallest absolute Gasteiger partial charge is 0.129 e. The number of nitrogens with two attached hydrogens (primary N) is 1. The Hall–Kier alpha value is -0.310. The number of rotatable bonds is 1. The van der Waals surface area contributed by atoms with Gasteiger partial charge in [-0.3, -0.25) is 0 Å². The van der Waals surface area contributed by atoms with Gasteiger partial charge in [-0.25, -0.2) is 4.98 Å². The molecule has 11 heavy (non-hydrogen) atoms. The fraction of sp³-hybridized carbons (Fsp3) is 0.286. The van der Waals surface area contributed by atoms with E-state index in [1.807, 2.05) is 19.1 Å². The van der Waals surface area contributed by atoms with Crippen molar-refractivity contribution in [2.45, 2.75) is 13.0 Å². The molecule has 0 amide bonds. The van der Waals surface area contributed by atoms with Crippen LogP contribution in [0.15, 0.2) is 18.2 Å². The molecular formula is C7H10Cl2N2. The Kier molecular flexibility index (Phi) is 4.42. The van der Waals surface area contributed by atoms with Crippen molar-refractivity contribution in [2.24, 2.45) is 5.73 Å². The first-order valence-corrected chi connectivity index (χ1v) is 3.46. The van der Waals surface area contributed by atoms with Crippen molar-refractivity contribution in [1.29, 1.82) is 0 Å². The summed E-state index contributed by atoms with van der Waals surface area (Å²) in [5, 5.41) is 0.495. The highest BCUT2D eigenvalue weighted by Crippen LogP contribution is 2.09. The van der Waals surface area contributed by atoms with E-state index < -0.39 is 0 Å². The molecule has 4 heteroatoms. The maximum absolute atomic E-state index is 5.62. The van der Waals surface area contributed by atoms with Gasteiger partial charge < -0.3 is 5.73 Å². The molecule has 2 N–H and O–H groups in total. The van der Waals surface area contributed by atoms with Crippen molar-refractivity contribution in [3.8, 4) is 0 Å². The first kappa shape index (κ1) is 10.7. The van der Waals surface area contributed by atoms with Gasteiger partial charge in [-0.1, -0.05) is 17.7 Å². The SMILES string of the molecule is CC(N)c1cccc(Cl)n1.Cl. The van der Waals surface area contributed by atoms with Crippen LogP contribution < -0.4 is 5.73 Å². The summed E-state index contributed by atoms with van der Waals surface area (Å²) in [5.41, 5.74) is 6.39. The molecule has 1 rings (SSSR count). The highest BCUT2D eigenvalue weighted by Gasteiger charge is 1.99. The van der Waals surface area contributed by atoms with Gasteiger partial charge in [0.1, 0.15) is 5.15 Å². The third kappa shape index (κ3) is 3.06. The van der Waals surface area contributed by atoms with E-state index in [2.05, 4.69) is 4.98 Å². The van der Waals surface area contributed by atoms with Crippen molar-refractivity contribution >= 4 is 24.0 Å². The van der Waals surface area contributed by atoms with Crippen molar-refractivity contribution < 1.29 is 0 Å². The summed E-state index contributed by atoms with van der Waals surface area (Å²) >= 11 is 5.62. The molecule has 1 aromatic rings. The van der Waals surface area contributed by atoms with Crippen LogP contribution in [0.25, 0.3) is 0 Å². The van der Waals surface area contributed by atoms with Gasteiger partial charge in [-0.05, 0) is 19.1 Å². The molecule has 0 bridgehead atoms. The number of hydrogen-bond acceptors (Lipinski definition) is 2. The van der Waals surface area contributed by atoms with Crippen molar-refractivity contribution in [1.82, 2.24) is 4.98 Å². The van der Waals surface area contributed by atoms with Crippen molar-refractivity contribution in [2.75, 3.05) is 0 Å². The van der Waals surface area contributed by atoms with Crippen LogP contribution in [0.2, 0.25) is 5.15 Å². The Labute approximate surface area is 77.2 Å². The first-order valence-electron chi connectivity index (χ1n) is 3.08. The molecule has 0 saturated carbocycles. The molecule has 0 aliphatic rings. The lowest BCUT2D eigenvalue weighted by Crippen LogP contribution is -2.06. The minimum absolute atomic E-state index is 0. The van der Waals surface area contributed by atoms with Crippen LogP contribution in [-0.2, 0) is 0 Å². The van der Waals surface area contributed by atoms with E-state index in [0.717, 1.165) is 5.69 Å². The van der Waals surface area contributed by atoms with Gasteiger partial charge in [0, 0.05) is 6.04 Å². The van der Waals surface area contributed by atoms with Crippen LogP contribution in [0.1, 0.15) is 18.7 Å². The normalized spacial score (nSPS) is 11.9. The average Bonchev–Trinajstić information content (AvgIpc) is 1.88. The van der Waals surface area contributed by atoms with E-state index in [1.165, 1.54) is 0 Å². The van der Waals surface area contributed by atoms with Gasteiger partial charge in [0.15, 0.2) is 0 Å². The van der Waals surface area contributed by atoms with E-state index in [0.29, 0.717) is 5.15 Å².